The summed E-state index contributed by atoms with van der Waals surface area (Å²) in [6.45, 7) is 0. The molecule has 0 unspecified atom stereocenters. The molecule has 0 fully saturated rings. The third-order valence-corrected chi connectivity index (χ3v) is 2.43. The Balaban J connectivity index is 2.30. The van der Waals surface area contributed by atoms with Crippen molar-refractivity contribution in [3.8, 4) is 5.75 Å². The summed E-state index contributed by atoms with van der Waals surface area (Å²) in [5.74, 6) is 0.320. The first-order chi connectivity index (χ1) is 7.27. The highest BCUT2D eigenvalue weighted by atomic mass is 16.3. The number of anilines is 1. The van der Waals surface area contributed by atoms with Crippen LogP contribution >= 0.6 is 0 Å². The lowest BCUT2D eigenvalue weighted by molar-refractivity contribution is 0.469. The van der Waals surface area contributed by atoms with Crippen LogP contribution in [0.5, 0.6) is 5.75 Å². The van der Waals surface area contributed by atoms with E-state index in [4.69, 9.17) is 5.73 Å². The van der Waals surface area contributed by atoms with E-state index in [0.717, 1.165) is 16.8 Å². The number of phenols is 1. The van der Waals surface area contributed by atoms with Crippen LogP contribution in [0.1, 0.15) is 11.1 Å². The van der Waals surface area contributed by atoms with Crippen LogP contribution in [0.4, 0.5) is 5.69 Å². The standard InChI is InChI=1S/C13H13NO/c14-12-7-3-1-5-10(12)9-11-6-2-4-8-13(11)15/h1-8,15H,9,14H2. The first-order valence-corrected chi connectivity index (χ1v) is 4.87. The molecule has 3 N–H and O–H groups in total. The molecule has 0 aliphatic rings. The highest BCUT2D eigenvalue weighted by Gasteiger charge is 2.03. The van der Waals surface area contributed by atoms with E-state index in [9.17, 15) is 5.11 Å². The van der Waals surface area contributed by atoms with E-state index in [1.54, 1.807) is 6.07 Å². The summed E-state index contributed by atoms with van der Waals surface area (Å²) >= 11 is 0. The first kappa shape index (κ1) is 9.59. The quantitative estimate of drug-likeness (QED) is 0.730. The van der Waals surface area contributed by atoms with Gasteiger partial charge in [-0.25, -0.2) is 0 Å². The smallest absolute Gasteiger partial charge is 0.119 e. The zero-order valence-electron chi connectivity index (χ0n) is 8.35. The van der Waals surface area contributed by atoms with E-state index in [-0.39, 0.29) is 0 Å². The van der Waals surface area contributed by atoms with Crippen LogP contribution in [-0.2, 0) is 6.42 Å². The second kappa shape index (κ2) is 4.05. The van der Waals surface area contributed by atoms with E-state index >= 15 is 0 Å². The van der Waals surface area contributed by atoms with Gasteiger partial charge in [0.2, 0.25) is 0 Å². The molecular formula is C13H13NO. The molecule has 0 heterocycles. The number of aromatic hydroxyl groups is 1. The van der Waals surface area contributed by atoms with E-state index in [0.29, 0.717) is 12.2 Å². The number of rotatable bonds is 2. The van der Waals surface area contributed by atoms with Gasteiger partial charge in [0.1, 0.15) is 5.75 Å². The van der Waals surface area contributed by atoms with Crippen LogP contribution in [0.25, 0.3) is 0 Å². The molecule has 2 aromatic carbocycles. The fourth-order valence-corrected chi connectivity index (χ4v) is 1.56. The molecule has 2 aromatic rings. The molecule has 76 valence electrons. The van der Waals surface area contributed by atoms with Crippen molar-refractivity contribution in [2.75, 3.05) is 5.73 Å². The molecule has 0 aliphatic heterocycles. The molecule has 0 aliphatic carbocycles. The lowest BCUT2D eigenvalue weighted by atomic mass is 10.0. The van der Waals surface area contributed by atoms with Gasteiger partial charge in [-0.2, -0.15) is 0 Å². The van der Waals surface area contributed by atoms with Crippen molar-refractivity contribution in [1.82, 2.24) is 0 Å². The minimum absolute atomic E-state index is 0.320. The Hall–Kier alpha value is -1.96. The van der Waals surface area contributed by atoms with Crippen LogP contribution in [-0.4, -0.2) is 5.11 Å². The van der Waals surface area contributed by atoms with E-state index in [1.807, 2.05) is 42.5 Å². The van der Waals surface area contributed by atoms with Gasteiger partial charge in [0.05, 0.1) is 0 Å². The number of benzene rings is 2. The summed E-state index contributed by atoms with van der Waals surface area (Å²) in [5.41, 5.74) is 8.54. The average molecular weight is 199 g/mol. The Morgan fingerprint density at radius 1 is 0.867 bits per heavy atom. The second-order valence-electron chi connectivity index (χ2n) is 3.50. The minimum atomic E-state index is 0.320. The summed E-state index contributed by atoms with van der Waals surface area (Å²) in [4.78, 5) is 0. The van der Waals surface area contributed by atoms with Crippen LogP contribution in [0.3, 0.4) is 0 Å². The predicted octanol–water partition coefficient (Wildman–Crippen LogP) is 2.57. The number of para-hydroxylation sites is 2. The Labute approximate surface area is 89.0 Å². The summed E-state index contributed by atoms with van der Waals surface area (Å²) in [5, 5.41) is 9.62. The third-order valence-electron chi connectivity index (χ3n) is 2.43. The molecule has 15 heavy (non-hydrogen) atoms. The van der Waals surface area contributed by atoms with Gasteiger partial charge in [0.15, 0.2) is 0 Å². The predicted molar refractivity (Wildman–Crippen MR) is 61.8 cm³/mol. The Morgan fingerprint density at radius 3 is 2.13 bits per heavy atom. The van der Waals surface area contributed by atoms with E-state index in [2.05, 4.69) is 0 Å². The summed E-state index contributed by atoms with van der Waals surface area (Å²) in [6, 6.07) is 15.0. The van der Waals surface area contributed by atoms with Gasteiger partial charge in [-0.1, -0.05) is 36.4 Å². The van der Waals surface area contributed by atoms with Crippen molar-refractivity contribution in [3.63, 3.8) is 0 Å². The lowest BCUT2D eigenvalue weighted by Crippen LogP contribution is -1.95. The van der Waals surface area contributed by atoms with Crippen LogP contribution in [0, 0.1) is 0 Å². The highest BCUT2D eigenvalue weighted by Crippen LogP contribution is 2.22. The monoisotopic (exact) mass is 199 g/mol. The Kier molecular flexibility index (Phi) is 2.59. The van der Waals surface area contributed by atoms with E-state index in [1.165, 1.54) is 0 Å². The van der Waals surface area contributed by atoms with Crippen LogP contribution < -0.4 is 5.73 Å². The zero-order chi connectivity index (χ0) is 10.7. The normalized spacial score (nSPS) is 10.1. The summed E-state index contributed by atoms with van der Waals surface area (Å²) < 4.78 is 0. The van der Waals surface area contributed by atoms with Gasteiger partial charge in [0, 0.05) is 12.1 Å². The maximum Gasteiger partial charge on any atom is 0.119 e. The first-order valence-electron chi connectivity index (χ1n) is 4.87. The molecule has 2 nitrogen and oxygen atoms in total. The highest BCUT2D eigenvalue weighted by molar-refractivity contribution is 5.50. The number of phenolic OH excluding ortho intramolecular Hbond substituents is 1. The summed E-state index contributed by atoms with van der Waals surface area (Å²) in [7, 11) is 0. The van der Waals surface area contributed by atoms with Crippen molar-refractivity contribution < 1.29 is 5.11 Å². The van der Waals surface area contributed by atoms with Gasteiger partial charge in [0.25, 0.3) is 0 Å². The molecule has 0 radical (unpaired) electrons. The fraction of sp³-hybridized carbons (Fsp3) is 0.0769. The van der Waals surface area contributed by atoms with E-state index < -0.39 is 0 Å². The van der Waals surface area contributed by atoms with Crippen molar-refractivity contribution in [1.29, 1.82) is 0 Å². The molecule has 0 spiro atoms. The largest absolute Gasteiger partial charge is 0.508 e. The molecular weight excluding hydrogens is 186 g/mol. The summed E-state index contributed by atoms with van der Waals surface area (Å²) in [6.07, 6.45) is 0.666. The Bertz CT molecular complexity index is 422. The van der Waals surface area contributed by atoms with Crippen molar-refractivity contribution in [2.45, 2.75) is 6.42 Å². The second-order valence-corrected chi connectivity index (χ2v) is 3.50. The van der Waals surface area contributed by atoms with Gasteiger partial charge >= 0.3 is 0 Å². The number of nitrogen functional groups attached to an aromatic ring is 1. The average Bonchev–Trinajstić information content (AvgIpc) is 2.24. The zero-order valence-corrected chi connectivity index (χ0v) is 8.35. The lowest BCUT2D eigenvalue weighted by Gasteiger charge is -2.06. The maximum absolute atomic E-state index is 9.62. The molecule has 0 bridgehead atoms. The van der Waals surface area contributed by atoms with Gasteiger partial charge < -0.3 is 10.8 Å². The fourth-order valence-electron chi connectivity index (χ4n) is 1.56. The topological polar surface area (TPSA) is 46.2 Å². The van der Waals surface area contributed by atoms with Gasteiger partial charge in [-0.05, 0) is 23.3 Å². The molecule has 0 atom stereocenters. The maximum atomic E-state index is 9.62. The molecule has 0 amide bonds. The van der Waals surface area contributed by atoms with Gasteiger partial charge in [-0.15, -0.1) is 0 Å². The molecule has 2 rings (SSSR count). The van der Waals surface area contributed by atoms with Crippen molar-refractivity contribution >= 4 is 5.69 Å². The van der Waals surface area contributed by atoms with Crippen molar-refractivity contribution in [2.24, 2.45) is 0 Å². The van der Waals surface area contributed by atoms with Gasteiger partial charge in [-0.3, -0.25) is 0 Å². The molecule has 2 heteroatoms. The number of hydrogen-bond donors (Lipinski definition) is 2. The molecule has 0 saturated heterocycles. The Morgan fingerprint density at radius 2 is 1.47 bits per heavy atom. The number of hydrogen-bond acceptors (Lipinski definition) is 2. The molecule has 0 saturated carbocycles. The van der Waals surface area contributed by atoms with Crippen molar-refractivity contribution in [3.05, 3.63) is 59.7 Å². The number of nitrogens with two attached hydrogens (primary N) is 1. The minimum Gasteiger partial charge on any atom is -0.508 e. The molecule has 0 aromatic heterocycles. The SMILES string of the molecule is Nc1ccccc1Cc1ccccc1O. The van der Waals surface area contributed by atoms with Crippen LogP contribution in [0.15, 0.2) is 48.5 Å². The van der Waals surface area contributed by atoms with Crippen LogP contribution in [0.2, 0.25) is 0 Å². The third kappa shape index (κ3) is 2.10.